The van der Waals surface area contributed by atoms with Crippen LogP contribution in [0.25, 0.3) is 0 Å². The van der Waals surface area contributed by atoms with Gasteiger partial charge in [0.2, 0.25) is 10.0 Å². The molecule has 4 rings (SSSR count). The second-order valence-electron chi connectivity index (χ2n) is 9.03. The minimum atomic E-state index is -3.59. The first-order chi connectivity index (χ1) is 16.3. The molecule has 0 unspecified atom stereocenters. The monoisotopic (exact) mass is 478 g/mol. The van der Waals surface area contributed by atoms with Gasteiger partial charge in [0.25, 0.3) is 0 Å². The number of aryl methyl sites for hydroxylation is 1. The second kappa shape index (κ2) is 10.6. The highest BCUT2D eigenvalue weighted by molar-refractivity contribution is 7.89. The number of anilines is 2. The van der Waals surface area contributed by atoms with Crippen LogP contribution >= 0.6 is 0 Å². The predicted octanol–water partition coefficient (Wildman–Crippen LogP) is 3.90. The van der Waals surface area contributed by atoms with E-state index in [0.717, 1.165) is 43.0 Å². The van der Waals surface area contributed by atoms with Gasteiger partial charge < -0.3 is 9.80 Å². The van der Waals surface area contributed by atoms with E-state index in [9.17, 15) is 8.42 Å². The van der Waals surface area contributed by atoms with Gasteiger partial charge in [0, 0.05) is 64.2 Å². The van der Waals surface area contributed by atoms with Crippen molar-refractivity contribution in [1.29, 1.82) is 0 Å². The van der Waals surface area contributed by atoms with E-state index in [0.29, 0.717) is 11.4 Å². The highest BCUT2D eigenvalue weighted by Gasteiger charge is 2.27. The van der Waals surface area contributed by atoms with Gasteiger partial charge in [-0.1, -0.05) is 48.0 Å². The minimum absolute atomic E-state index is 0.0469. The molecule has 1 N–H and O–H groups in total. The molecule has 1 atom stereocenters. The first kappa shape index (κ1) is 24.3. The lowest BCUT2D eigenvalue weighted by Gasteiger charge is -2.40. The Labute approximate surface area is 203 Å². The number of para-hydroxylation sites is 1. The maximum Gasteiger partial charge on any atom is 0.240 e. The first-order valence-electron chi connectivity index (χ1n) is 11.7. The zero-order valence-electron chi connectivity index (χ0n) is 20.2. The van der Waals surface area contributed by atoms with Crippen LogP contribution in [0.2, 0.25) is 0 Å². The number of rotatable bonds is 8. The smallest absolute Gasteiger partial charge is 0.240 e. The summed E-state index contributed by atoms with van der Waals surface area (Å²) < 4.78 is 28.9. The SMILES string of the molecule is Cc1ccc(S(=O)(=O)NC[C@@H](c2ccc(N(C)C)cc2)N2CCN(c3ccccc3)CC2)cc1. The fourth-order valence-corrected chi connectivity index (χ4v) is 5.41. The molecule has 0 bridgehead atoms. The highest BCUT2D eigenvalue weighted by atomic mass is 32.2. The minimum Gasteiger partial charge on any atom is -0.378 e. The first-order valence-corrected chi connectivity index (χ1v) is 13.2. The van der Waals surface area contributed by atoms with Crippen LogP contribution in [0.4, 0.5) is 11.4 Å². The molecule has 0 radical (unpaired) electrons. The molecule has 0 aromatic heterocycles. The standard InChI is InChI=1S/C27H34N4O2S/c1-22-9-15-26(16-10-22)34(32,33)28-21-27(23-11-13-24(14-12-23)29(2)3)31-19-17-30(18-20-31)25-7-5-4-6-8-25/h4-16,27-28H,17-21H2,1-3H3/t27-/m0/s1. The second-order valence-corrected chi connectivity index (χ2v) is 10.8. The molecule has 0 aliphatic carbocycles. The third-order valence-corrected chi connectivity index (χ3v) is 7.91. The van der Waals surface area contributed by atoms with Crippen molar-refractivity contribution in [3.63, 3.8) is 0 Å². The van der Waals surface area contributed by atoms with Crippen LogP contribution in [0.15, 0.2) is 83.8 Å². The van der Waals surface area contributed by atoms with Gasteiger partial charge in [0.1, 0.15) is 0 Å². The Morgan fingerprint density at radius 1 is 0.853 bits per heavy atom. The van der Waals surface area contributed by atoms with Crippen LogP contribution in [0, 0.1) is 6.92 Å². The van der Waals surface area contributed by atoms with Crippen LogP contribution in [0.3, 0.4) is 0 Å². The molecule has 6 nitrogen and oxygen atoms in total. The van der Waals surface area contributed by atoms with Crippen LogP contribution in [-0.2, 0) is 10.0 Å². The Bertz CT molecular complexity index is 1160. The number of benzene rings is 3. The summed E-state index contributed by atoms with van der Waals surface area (Å²) in [5.74, 6) is 0. The molecule has 7 heteroatoms. The molecule has 0 spiro atoms. The molecule has 0 amide bonds. The molecule has 3 aromatic carbocycles. The molecule has 3 aromatic rings. The highest BCUT2D eigenvalue weighted by Crippen LogP contribution is 2.26. The van der Waals surface area contributed by atoms with Gasteiger partial charge in [-0.2, -0.15) is 0 Å². The lowest BCUT2D eigenvalue weighted by atomic mass is 10.0. The van der Waals surface area contributed by atoms with Gasteiger partial charge in [-0.3, -0.25) is 4.90 Å². The van der Waals surface area contributed by atoms with E-state index in [1.807, 2.05) is 39.2 Å². The molecule has 0 saturated carbocycles. The fourth-order valence-electron chi connectivity index (χ4n) is 4.37. The van der Waals surface area contributed by atoms with Gasteiger partial charge in [-0.05, 0) is 48.9 Å². The number of hydrogen-bond donors (Lipinski definition) is 1. The predicted molar refractivity (Wildman–Crippen MR) is 140 cm³/mol. The van der Waals surface area contributed by atoms with E-state index in [-0.39, 0.29) is 6.04 Å². The third kappa shape index (κ3) is 5.78. The van der Waals surface area contributed by atoms with Crippen LogP contribution in [0.1, 0.15) is 17.2 Å². The number of nitrogens with one attached hydrogen (secondary N) is 1. The molecular weight excluding hydrogens is 444 g/mol. The number of sulfonamides is 1. The normalized spacial score (nSPS) is 15.8. The maximum absolute atomic E-state index is 13.0. The lowest BCUT2D eigenvalue weighted by molar-refractivity contribution is 0.187. The van der Waals surface area contributed by atoms with Crippen LogP contribution < -0.4 is 14.5 Å². The Balaban J connectivity index is 1.52. The van der Waals surface area contributed by atoms with Gasteiger partial charge in [-0.25, -0.2) is 13.1 Å². The van der Waals surface area contributed by atoms with E-state index in [1.54, 1.807) is 12.1 Å². The van der Waals surface area contributed by atoms with Gasteiger partial charge in [0.15, 0.2) is 0 Å². The van der Waals surface area contributed by atoms with Crippen molar-refractivity contribution in [3.05, 3.63) is 90.0 Å². The van der Waals surface area contributed by atoms with Crippen molar-refractivity contribution < 1.29 is 8.42 Å². The largest absolute Gasteiger partial charge is 0.378 e. The summed E-state index contributed by atoms with van der Waals surface area (Å²) in [4.78, 5) is 7.15. The van der Waals surface area contributed by atoms with Gasteiger partial charge in [-0.15, -0.1) is 0 Å². The van der Waals surface area contributed by atoms with Crippen molar-refractivity contribution >= 4 is 21.4 Å². The van der Waals surface area contributed by atoms with Crippen molar-refractivity contribution in [1.82, 2.24) is 9.62 Å². The molecule has 180 valence electrons. The number of nitrogens with zero attached hydrogens (tertiary/aromatic N) is 3. The number of piperazine rings is 1. The third-order valence-electron chi connectivity index (χ3n) is 6.47. The van der Waals surface area contributed by atoms with E-state index in [2.05, 4.69) is 68.0 Å². The lowest BCUT2D eigenvalue weighted by Crippen LogP contribution is -2.49. The van der Waals surface area contributed by atoms with Crippen molar-refractivity contribution in [2.75, 3.05) is 56.6 Å². The Hall–Kier alpha value is -2.87. The molecule has 1 heterocycles. The average molecular weight is 479 g/mol. The topological polar surface area (TPSA) is 55.9 Å². The Morgan fingerprint density at radius 3 is 2.06 bits per heavy atom. The molecule has 1 aliphatic rings. The summed E-state index contributed by atoms with van der Waals surface area (Å²) in [6.45, 7) is 5.81. The summed E-state index contributed by atoms with van der Waals surface area (Å²) >= 11 is 0. The van der Waals surface area contributed by atoms with E-state index in [4.69, 9.17) is 0 Å². The van der Waals surface area contributed by atoms with Crippen molar-refractivity contribution in [3.8, 4) is 0 Å². The molecule has 1 fully saturated rings. The summed E-state index contributed by atoms with van der Waals surface area (Å²) in [7, 11) is 0.448. The zero-order valence-corrected chi connectivity index (χ0v) is 21.0. The van der Waals surface area contributed by atoms with E-state index < -0.39 is 10.0 Å². The van der Waals surface area contributed by atoms with Crippen LogP contribution in [-0.4, -0.2) is 60.1 Å². The Morgan fingerprint density at radius 2 is 1.47 bits per heavy atom. The van der Waals surface area contributed by atoms with Gasteiger partial charge in [0.05, 0.1) is 4.90 Å². The van der Waals surface area contributed by atoms with Crippen molar-refractivity contribution in [2.24, 2.45) is 0 Å². The molecule has 34 heavy (non-hydrogen) atoms. The quantitative estimate of drug-likeness (QED) is 0.532. The van der Waals surface area contributed by atoms with Crippen LogP contribution in [0.5, 0.6) is 0 Å². The summed E-state index contributed by atoms with van der Waals surface area (Å²) in [5.41, 5.74) is 4.50. The number of hydrogen-bond acceptors (Lipinski definition) is 5. The van der Waals surface area contributed by atoms with E-state index in [1.165, 1.54) is 5.69 Å². The van der Waals surface area contributed by atoms with Crippen molar-refractivity contribution in [2.45, 2.75) is 17.9 Å². The molecule has 1 aliphatic heterocycles. The zero-order chi connectivity index (χ0) is 24.1. The van der Waals surface area contributed by atoms with E-state index >= 15 is 0 Å². The van der Waals surface area contributed by atoms with Gasteiger partial charge >= 0.3 is 0 Å². The molecular formula is C27H34N4O2S. The fraction of sp³-hybridized carbons (Fsp3) is 0.333. The average Bonchev–Trinajstić information content (AvgIpc) is 2.85. The summed E-state index contributed by atoms with van der Waals surface area (Å²) in [6, 6.07) is 25.8. The Kier molecular flexibility index (Phi) is 7.56. The maximum atomic E-state index is 13.0. The summed E-state index contributed by atoms with van der Waals surface area (Å²) in [5, 5.41) is 0. The molecule has 1 saturated heterocycles. The summed E-state index contributed by atoms with van der Waals surface area (Å²) in [6.07, 6.45) is 0.